The number of nitrogen functional groups attached to an aromatic ring is 1. The van der Waals surface area contributed by atoms with Crippen molar-refractivity contribution in [1.82, 2.24) is 15.0 Å². The Kier molecular flexibility index (Phi) is 2.60. The van der Waals surface area contributed by atoms with Crippen LogP contribution in [0.1, 0.15) is 19.5 Å². The molecule has 0 spiro atoms. The van der Waals surface area contributed by atoms with Crippen molar-refractivity contribution >= 4 is 22.7 Å². The van der Waals surface area contributed by atoms with Crippen LogP contribution in [0.15, 0.2) is 12.3 Å². The fourth-order valence-electron chi connectivity index (χ4n) is 1.56. The number of rotatable bonds is 2. The smallest absolute Gasteiger partial charge is 0.220 e. The lowest BCUT2D eigenvalue weighted by atomic mass is 10.2. The van der Waals surface area contributed by atoms with Crippen LogP contribution >= 0.6 is 0 Å². The van der Waals surface area contributed by atoms with E-state index >= 15 is 0 Å². The Balaban J connectivity index is 2.64. The van der Waals surface area contributed by atoms with E-state index in [1.807, 2.05) is 13.0 Å². The Hall–Kier alpha value is -1.91. The first-order valence-electron chi connectivity index (χ1n) is 5.22. The van der Waals surface area contributed by atoms with E-state index in [0.29, 0.717) is 6.04 Å². The van der Waals surface area contributed by atoms with Gasteiger partial charge in [0.25, 0.3) is 0 Å². The summed E-state index contributed by atoms with van der Waals surface area (Å²) in [4.78, 5) is 12.6. The molecule has 0 unspecified atom stereocenters. The molecule has 0 aromatic carbocycles. The first-order valence-corrected chi connectivity index (χ1v) is 5.22. The van der Waals surface area contributed by atoms with Crippen LogP contribution < -0.4 is 11.1 Å². The molecule has 0 aliphatic heterocycles. The molecule has 0 aliphatic carbocycles. The predicted octanol–water partition coefficient (Wildman–Crippen LogP) is 1.74. The summed E-state index contributed by atoms with van der Waals surface area (Å²) < 4.78 is 0. The van der Waals surface area contributed by atoms with Gasteiger partial charge in [0.15, 0.2) is 5.82 Å². The highest BCUT2D eigenvalue weighted by molar-refractivity contribution is 5.88. The van der Waals surface area contributed by atoms with Crippen molar-refractivity contribution in [2.24, 2.45) is 0 Å². The van der Waals surface area contributed by atoms with Crippen molar-refractivity contribution in [2.45, 2.75) is 26.8 Å². The van der Waals surface area contributed by atoms with E-state index in [0.717, 1.165) is 22.4 Å². The minimum absolute atomic E-state index is 0.268. The zero-order valence-electron chi connectivity index (χ0n) is 9.65. The standard InChI is InChI=1S/C11H15N5/c1-6(2)14-10-9-8(4-7(3)15-10)5-13-11(12)16-9/h4-6H,1-3H3,(H,14,15)(H2,12,13,16). The van der Waals surface area contributed by atoms with Gasteiger partial charge in [0.05, 0.1) is 0 Å². The second-order valence-electron chi connectivity index (χ2n) is 4.08. The quantitative estimate of drug-likeness (QED) is 0.801. The molecule has 2 rings (SSSR count). The summed E-state index contributed by atoms with van der Waals surface area (Å²) in [6.45, 7) is 6.06. The Labute approximate surface area is 94.1 Å². The van der Waals surface area contributed by atoms with E-state index in [-0.39, 0.29) is 5.95 Å². The number of fused-ring (bicyclic) bond motifs is 1. The van der Waals surface area contributed by atoms with Crippen LogP contribution in [0, 0.1) is 6.92 Å². The van der Waals surface area contributed by atoms with E-state index in [9.17, 15) is 0 Å². The van der Waals surface area contributed by atoms with Crippen LogP contribution in [0.5, 0.6) is 0 Å². The normalized spacial score (nSPS) is 11.0. The van der Waals surface area contributed by atoms with Crippen LogP contribution in [0.2, 0.25) is 0 Å². The number of aryl methyl sites for hydroxylation is 1. The van der Waals surface area contributed by atoms with Crippen LogP contribution in [-0.2, 0) is 0 Å². The lowest BCUT2D eigenvalue weighted by Crippen LogP contribution is -2.12. The molecule has 0 saturated carbocycles. The van der Waals surface area contributed by atoms with Gasteiger partial charge in [-0.25, -0.2) is 15.0 Å². The van der Waals surface area contributed by atoms with Crippen LogP contribution in [-0.4, -0.2) is 21.0 Å². The number of hydrogen-bond acceptors (Lipinski definition) is 5. The molecule has 16 heavy (non-hydrogen) atoms. The summed E-state index contributed by atoms with van der Waals surface area (Å²) in [5, 5.41) is 4.21. The SMILES string of the molecule is Cc1cc2cnc(N)nc2c(NC(C)C)n1. The third-order valence-corrected chi connectivity index (χ3v) is 2.14. The summed E-state index contributed by atoms with van der Waals surface area (Å²) in [6.07, 6.45) is 1.72. The average molecular weight is 217 g/mol. The molecule has 84 valence electrons. The molecule has 0 saturated heterocycles. The Bertz CT molecular complexity index is 521. The fraction of sp³-hybridized carbons (Fsp3) is 0.364. The van der Waals surface area contributed by atoms with Crippen molar-refractivity contribution in [3.05, 3.63) is 18.0 Å². The molecule has 0 fully saturated rings. The van der Waals surface area contributed by atoms with E-state index in [1.165, 1.54) is 0 Å². The first-order chi connectivity index (χ1) is 7.56. The number of anilines is 2. The number of nitrogens with one attached hydrogen (secondary N) is 1. The molecule has 2 aromatic rings. The Morgan fingerprint density at radius 3 is 2.75 bits per heavy atom. The summed E-state index contributed by atoms with van der Waals surface area (Å²) in [7, 11) is 0. The van der Waals surface area contributed by atoms with Gasteiger partial charge in [0.1, 0.15) is 5.52 Å². The Morgan fingerprint density at radius 1 is 1.31 bits per heavy atom. The first kappa shape index (κ1) is 10.6. The highest BCUT2D eigenvalue weighted by atomic mass is 15.1. The topological polar surface area (TPSA) is 76.7 Å². The average Bonchev–Trinajstić information content (AvgIpc) is 2.18. The predicted molar refractivity (Wildman–Crippen MR) is 65.2 cm³/mol. The number of nitrogens with zero attached hydrogens (tertiary/aromatic N) is 3. The molecule has 0 amide bonds. The number of nitrogens with two attached hydrogens (primary N) is 1. The molecule has 5 heteroatoms. The second-order valence-corrected chi connectivity index (χ2v) is 4.08. The summed E-state index contributed by atoms with van der Waals surface area (Å²) in [5.74, 6) is 1.03. The van der Waals surface area contributed by atoms with Crippen molar-refractivity contribution in [3.8, 4) is 0 Å². The van der Waals surface area contributed by atoms with Gasteiger partial charge in [-0.2, -0.15) is 0 Å². The van der Waals surface area contributed by atoms with Crippen LogP contribution in [0.4, 0.5) is 11.8 Å². The molecule has 0 aliphatic rings. The number of aromatic nitrogens is 3. The van der Waals surface area contributed by atoms with Gasteiger partial charge < -0.3 is 11.1 Å². The molecular formula is C11H15N5. The van der Waals surface area contributed by atoms with Crippen molar-refractivity contribution in [3.63, 3.8) is 0 Å². The van der Waals surface area contributed by atoms with Gasteiger partial charge >= 0.3 is 0 Å². The highest BCUT2D eigenvalue weighted by Crippen LogP contribution is 2.21. The van der Waals surface area contributed by atoms with Gasteiger partial charge in [-0.3, -0.25) is 0 Å². The molecular weight excluding hydrogens is 202 g/mol. The molecule has 0 atom stereocenters. The van der Waals surface area contributed by atoms with Crippen LogP contribution in [0.25, 0.3) is 10.9 Å². The maximum absolute atomic E-state index is 5.58. The van der Waals surface area contributed by atoms with Gasteiger partial charge in [0, 0.05) is 23.3 Å². The second kappa shape index (κ2) is 3.92. The largest absolute Gasteiger partial charge is 0.368 e. The van der Waals surface area contributed by atoms with E-state index in [4.69, 9.17) is 5.73 Å². The van der Waals surface area contributed by atoms with E-state index in [1.54, 1.807) is 6.20 Å². The minimum atomic E-state index is 0.268. The zero-order valence-corrected chi connectivity index (χ0v) is 9.65. The minimum Gasteiger partial charge on any atom is -0.368 e. The molecule has 0 radical (unpaired) electrons. The molecule has 3 N–H and O–H groups in total. The maximum Gasteiger partial charge on any atom is 0.220 e. The summed E-state index contributed by atoms with van der Waals surface area (Å²) in [5.41, 5.74) is 7.29. The zero-order chi connectivity index (χ0) is 11.7. The highest BCUT2D eigenvalue weighted by Gasteiger charge is 2.07. The molecule has 0 bridgehead atoms. The van der Waals surface area contributed by atoms with Gasteiger partial charge in [-0.15, -0.1) is 0 Å². The third-order valence-electron chi connectivity index (χ3n) is 2.14. The van der Waals surface area contributed by atoms with Crippen molar-refractivity contribution in [2.75, 3.05) is 11.1 Å². The third kappa shape index (κ3) is 2.03. The molecule has 2 aromatic heterocycles. The molecule has 2 heterocycles. The number of pyridine rings is 1. The summed E-state index contributed by atoms with van der Waals surface area (Å²) >= 11 is 0. The lowest BCUT2D eigenvalue weighted by Gasteiger charge is -2.12. The van der Waals surface area contributed by atoms with Gasteiger partial charge in [-0.1, -0.05) is 0 Å². The van der Waals surface area contributed by atoms with Gasteiger partial charge in [0.2, 0.25) is 5.95 Å². The Morgan fingerprint density at radius 2 is 2.06 bits per heavy atom. The summed E-state index contributed by atoms with van der Waals surface area (Å²) in [6, 6.07) is 2.24. The maximum atomic E-state index is 5.58. The molecule has 5 nitrogen and oxygen atoms in total. The van der Waals surface area contributed by atoms with Crippen LogP contribution in [0.3, 0.4) is 0 Å². The monoisotopic (exact) mass is 217 g/mol. The lowest BCUT2D eigenvalue weighted by molar-refractivity contribution is 0.888. The van der Waals surface area contributed by atoms with Crippen molar-refractivity contribution < 1.29 is 0 Å². The fourth-order valence-corrected chi connectivity index (χ4v) is 1.56. The van der Waals surface area contributed by atoms with Gasteiger partial charge in [-0.05, 0) is 26.8 Å². The number of hydrogen-bond donors (Lipinski definition) is 2. The van der Waals surface area contributed by atoms with E-state index < -0.39 is 0 Å². The van der Waals surface area contributed by atoms with E-state index in [2.05, 4.69) is 34.1 Å². The van der Waals surface area contributed by atoms with Crippen molar-refractivity contribution in [1.29, 1.82) is 0 Å².